The lowest BCUT2D eigenvalue weighted by molar-refractivity contribution is 1.04. The van der Waals surface area contributed by atoms with Crippen molar-refractivity contribution < 1.29 is 0 Å². The maximum atomic E-state index is 4.37. The van der Waals surface area contributed by atoms with Crippen molar-refractivity contribution in [1.29, 1.82) is 0 Å². The second-order valence-corrected chi connectivity index (χ2v) is 3.78. The molecule has 0 saturated heterocycles. The van der Waals surface area contributed by atoms with Gasteiger partial charge in [-0.1, -0.05) is 0 Å². The molecule has 0 amide bonds. The Hall–Kier alpha value is -2.16. The Balaban J connectivity index is 2.26. The minimum atomic E-state index is 0.933. The summed E-state index contributed by atoms with van der Waals surface area (Å²) in [6.45, 7) is 2.06. The molecule has 0 spiro atoms. The second-order valence-electron chi connectivity index (χ2n) is 3.78. The maximum Gasteiger partial charge on any atom is 0.137 e. The van der Waals surface area contributed by atoms with Gasteiger partial charge in [0.25, 0.3) is 0 Å². The molecule has 0 aliphatic carbocycles. The van der Waals surface area contributed by atoms with Gasteiger partial charge < -0.3 is 0 Å². The predicted octanol–water partition coefficient (Wildman–Crippen LogP) is 2.73. The van der Waals surface area contributed by atoms with Crippen molar-refractivity contribution in [2.24, 2.45) is 0 Å². The highest BCUT2D eigenvalue weighted by molar-refractivity contribution is 5.77. The summed E-state index contributed by atoms with van der Waals surface area (Å²) in [5.74, 6) is 0.933. The number of nitrogens with zero attached hydrogens (tertiary/aromatic N) is 3. The highest BCUT2D eigenvalue weighted by atomic mass is 15.1. The Morgan fingerprint density at radius 3 is 2.88 bits per heavy atom. The van der Waals surface area contributed by atoms with E-state index in [9.17, 15) is 0 Å². The predicted molar refractivity (Wildman–Crippen MR) is 63.6 cm³/mol. The molecule has 0 atom stereocenters. The zero-order valence-electron chi connectivity index (χ0n) is 8.96. The van der Waals surface area contributed by atoms with Crippen molar-refractivity contribution in [3.8, 4) is 5.82 Å². The van der Waals surface area contributed by atoms with E-state index in [2.05, 4.69) is 27.5 Å². The van der Waals surface area contributed by atoms with Gasteiger partial charge in [-0.2, -0.15) is 0 Å². The van der Waals surface area contributed by atoms with E-state index in [1.165, 1.54) is 5.56 Å². The van der Waals surface area contributed by atoms with Crippen molar-refractivity contribution in [3.05, 3.63) is 54.5 Å². The Morgan fingerprint density at radius 2 is 2.00 bits per heavy atom. The third kappa shape index (κ3) is 1.37. The molecule has 0 bridgehead atoms. The number of fused-ring (bicyclic) bond motifs is 1. The Bertz CT molecular complexity index is 640. The third-order valence-corrected chi connectivity index (χ3v) is 2.61. The molecule has 0 aliphatic rings. The Labute approximate surface area is 93.4 Å². The number of aromatic nitrogens is 3. The first-order valence-electron chi connectivity index (χ1n) is 5.20. The van der Waals surface area contributed by atoms with Crippen LogP contribution in [0.2, 0.25) is 0 Å². The van der Waals surface area contributed by atoms with Crippen LogP contribution in [0.25, 0.3) is 16.9 Å². The molecule has 16 heavy (non-hydrogen) atoms. The monoisotopic (exact) mass is 209 g/mol. The summed E-state index contributed by atoms with van der Waals surface area (Å²) in [4.78, 5) is 8.67. The van der Waals surface area contributed by atoms with Gasteiger partial charge in [-0.3, -0.25) is 9.55 Å². The molecule has 0 N–H and O–H groups in total. The van der Waals surface area contributed by atoms with Gasteiger partial charge in [-0.15, -0.1) is 0 Å². The Kier molecular flexibility index (Phi) is 1.96. The van der Waals surface area contributed by atoms with E-state index in [0.717, 1.165) is 16.9 Å². The van der Waals surface area contributed by atoms with Gasteiger partial charge >= 0.3 is 0 Å². The molecule has 3 aromatic heterocycles. The molecule has 3 rings (SSSR count). The molecule has 3 heteroatoms. The van der Waals surface area contributed by atoms with Gasteiger partial charge in [-0.25, -0.2) is 4.98 Å². The molecule has 0 unspecified atom stereocenters. The number of pyridine rings is 2. The fraction of sp³-hybridized carbons (Fsp3) is 0.0769. The van der Waals surface area contributed by atoms with E-state index in [4.69, 9.17) is 0 Å². The summed E-state index contributed by atoms with van der Waals surface area (Å²) >= 11 is 0. The molecule has 0 aliphatic heterocycles. The average Bonchev–Trinajstić information content (AvgIpc) is 2.72. The van der Waals surface area contributed by atoms with Crippen LogP contribution in [0.15, 0.2) is 48.9 Å². The molecule has 3 heterocycles. The second kappa shape index (κ2) is 3.45. The molecular formula is C13H11N3. The van der Waals surface area contributed by atoms with Crippen molar-refractivity contribution in [2.75, 3.05) is 0 Å². The van der Waals surface area contributed by atoms with Gasteiger partial charge in [0.15, 0.2) is 0 Å². The summed E-state index contributed by atoms with van der Waals surface area (Å²) in [6.07, 6.45) is 5.63. The number of rotatable bonds is 1. The minimum absolute atomic E-state index is 0.933. The fourth-order valence-electron chi connectivity index (χ4n) is 1.82. The molecule has 0 saturated carbocycles. The normalized spacial score (nSPS) is 10.8. The van der Waals surface area contributed by atoms with E-state index in [0.29, 0.717) is 0 Å². The standard InChI is InChI=1S/C13H11N3/c1-10-4-7-15-13(9-10)16-8-5-11-12(16)3-2-6-14-11/h2-9H,1H3. The first kappa shape index (κ1) is 9.09. The molecule has 3 nitrogen and oxygen atoms in total. The van der Waals surface area contributed by atoms with Crippen LogP contribution in [0, 0.1) is 6.92 Å². The average molecular weight is 209 g/mol. The largest absolute Gasteiger partial charge is 0.300 e. The van der Waals surface area contributed by atoms with Crippen molar-refractivity contribution >= 4 is 11.0 Å². The fourth-order valence-corrected chi connectivity index (χ4v) is 1.82. The van der Waals surface area contributed by atoms with Gasteiger partial charge in [0, 0.05) is 18.6 Å². The lowest BCUT2D eigenvalue weighted by Gasteiger charge is -2.04. The zero-order chi connectivity index (χ0) is 11.0. The molecule has 78 valence electrons. The zero-order valence-corrected chi connectivity index (χ0v) is 8.96. The van der Waals surface area contributed by atoms with Crippen LogP contribution < -0.4 is 0 Å². The summed E-state index contributed by atoms with van der Waals surface area (Å²) in [6, 6.07) is 10.0. The van der Waals surface area contributed by atoms with Crippen LogP contribution in [0.4, 0.5) is 0 Å². The van der Waals surface area contributed by atoms with E-state index in [1.807, 2.05) is 36.7 Å². The number of aryl methyl sites for hydroxylation is 1. The topological polar surface area (TPSA) is 30.7 Å². The Morgan fingerprint density at radius 1 is 1.06 bits per heavy atom. The van der Waals surface area contributed by atoms with E-state index < -0.39 is 0 Å². The van der Waals surface area contributed by atoms with E-state index in [-0.39, 0.29) is 0 Å². The van der Waals surface area contributed by atoms with Crippen LogP contribution in [-0.4, -0.2) is 14.5 Å². The van der Waals surface area contributed by atoms with Gasteiger partial charge in [0.1, 0.15) is 5.82 Å². The van der Waals surface area contributed by atoms with Crippen LogP contribution in [0.5, 0.6) is 0 Å². The van der Waals surface area contributed by atoms with Gasteiger partial charge in [-0.05, 0) is 42.8 Å². The van der Waals surface area contributed by atoms with E-state index in [1.54, 1.807) is 6.20 Å². The minimum Gasteiger partial charge on any atom is -0.300 e. The highest BCUT2D eigenvalue weighted by Crippen LogP contribution is 2.17. The number of hydrogen-bond donors (Lipinski definition) is 0. The third-order valence-electron chi connectivity index (χ3n) is 2.61. The van der Waals surface area contributed by atoms with Crippen molar-refractivity contribution in [3.63, 3.8) is 0 Å². The van der Waals surface area contributed by atoms with Gasteiger partial charge in [0.05, 0.1) is 11.0 Å². The number of hydrogen-bond acceptors (Lipinski definition) is 2. The summed E-state index contributed by atoms with van der Waals surface area (Å²) in [7, 11) is 0. The molecule has 0 radical (unpaired) electrons. The molecular weight excluding hydrogens is 198 g/mol. The van der Waals surface area contributed by atoms with Crippen molar-refractivity contribution in [1.82, 2.24) is 14.5 Å². The highest BCUT2D eigenvalue weighted by Gasteiger charge is 2.03. The van der Waals surface area contributed by atoms with Crippen molar-refractivity contribution in [2.45, 2.75) is 6.92 Å². The van der Waals surface area contributed by atoms with Crippen LogP contribution in [0.1, 0.15) is 5.56 Å². The van der Waals surface area contributed by atoms with Crippen LogP contribution in [-0.2, 0) is 0 Å². The summed E-state index contributed by atoms with van der Waals surface area (Å²) in [5, 5.41) is 0. The van der Waals surface area contributed by atoms with Crippen LogP contribution >= 0.6 is 0 Å². The maximum absolute atomic E-state index is 4.37. The summed E-state index contributed by atoms with van der Waals surface area (Å²) < 4.78 is 2.05. The van der Waals surface area contributed by atoms with E-state index >= 15 is 0 Å². The molecule has 0 aromatic carbocycles. The SMILES string of the molecule is Cc1ccnc(-n2ccc3ncccc32)c1. The van der Waals surface area contributed by atoms with Gasteiger partial charge in [0.2, 0.25) is 0 Å². The summed E-state index contributed by atoms with van der Waals surface area (Å²) in [5.41, 5.74) is 3.28. The first-order valence-corrected chi connectivity index (χ1v) is 5.20. The lowest BCUT2D eigenvalue weighted by atomic mass is 10.3. The lowest BCUT2D eigenvalue weighted by Crippen LogP contribution is -1.95. The van der Waals surface area contributed by atoms with Crippen LogP contribution in [0.3, 0.4) is 0 Å². The molecule has 0 fully saturated rings. The molecule has 3 aromatic rings. The quantitative estimate of drug-likeness (QED) is 0.617. The first-order chi connectivity index (χ1) is 7.84. The smallest absolute Gasteiger partial charge is 0.137 e.